The molecule has 2 rings (SSSR count). The molecule has 0 bridgehead atoms. The quantitative estimate of drug-likeness (QED) is 0.726. The van der Waals surface area contributed by atoms with Gasteiger partial charge in [0.05, 0.1) is 7.11 Å². The molecule has 0 aliphatic heterocycles. The van der Waals surface area contributed by atoms with Crippen molar-refractivity contribution in [1.82, 2.24) is 5.32 Å². The molecule has 0 atom stereocenters. The minimum atomic E-state index is -1.82. The van der Waals surface area contributed by atoms with Crippen LogP contribution in [0.3, 0.4) is 0 Å². The van der Waals surface area contributed by atoms with E-state index in [0.717, 1.165) is 11.3 Å². The Morgan fingerprint density at radius 2 is 1.58 bits per heavy atom. The first-order valence-electron chi connectivity index (χ1n) is 6.97. The Morgan fingerprint density at radius 1 is 1.00 bits per heavy atom. The molecule has 0 amide bonds. The molecule has 0 heterocycles. The maximum Gasteiger partial charge on any atom is 0.414 e. The minimum absolute atomic E-state index is 0.167. The zero-order valence-corrected chi connectivity index (χ0v) is 13.0. The number of halogens is 1. The normalized spacial score (nSPS) is 9.58. The van der Waals surface area contributed by atoms with Gasteiger partial charge >= 0.3 is 11.9 Å². The van der Waals surface area contributed by atoms with Gasteiger partial charge in [0.1, 0.15) is 11.6 Å². The van der Waals surface area contributed by atoms with E-state index in [2.05, 4.69) is 5.32 Å². The molecule has 2 aromatic carbocycles. The van der Waals surface area contributed by atoms with E-state index in [1.165, 1.54) is 6.07 Å². The highest BCUT2D eigenvalue weighted by atomic mass is 19.1. The molecule has 0 saturated heterocycles. The van der Waals surface area contributed by atoms with Crippen LogP contribution >= 0.6 is 0 Å². The lowest BCUT2D eigenvalue weighted by atomic mass is 10.2. The standard InChI is InChI=1S/C15H16FNO.C2H2O4/c1-18-14-8-6-12(7-9-14)10-17-11-13-4-2-3-5-15(13)16;3-1(4)2(5)6/h2-9,17H,10-11H2,1H3;(H,3,4)(H,5,6). The van der Waals surface area contributed by atoms with E-state index in [0.29, 0.717) is 18.7 Å². The molecule has 0 aliphatic rings. The van der Waals surface area contributed by atoms with Gasteiger partial charge in [-0.15, -0.1) is 0 Å². The van der Waals surface area contributed by atoms with Crippen LogP contribution in [0.2, 0.25) is 0 Å². The molecule has 128 valence electrons. The predicted octanol–water partition coefficient (Wildman–Crippen LogP) is 2.28. The first-order valence-corrected chi connectivity index (χ1v) is 6.97. The molecule has 7 heteroatoms. The smallest absolute Gasteiger partial charge is 0.414 e. The van der Waals surface area contributed by atoms with E-state index in [-0.39, 0.29) is 5.82 Å². The number of carboxylic acids is 2. The van der Waals surface area contributed by atoms with Crippen molar-refractivity contribution in [2.24, 2.45) is 0 Å². The van der Waals surface area contributed by atoms with Crippen LogP contribution in [0.4, 0.5) is 4.39 Å². The molecular formula is C17H18FNO5. The van der Waals surface area contributed by atoms with Crippen LogP contribution < -0.4 is 10.1 Å². The average Bonchev–Trinajstić information content (AvgIpc) is 2.57. The number of carboxylic acid groups (broad SMARTS) is 2. The third kappa shape index (κ3) is 6.89. The molecule has 3 N–H and O–H groups in total. The number of hydrogen-bond donors (Lipinski definition) is 3. The fraction of sp³-hybridized carbons (Fsp3) is 0.176. The van der Waals surface area contributed by atoms with Gasteiger partial charge in [0.15, 0.2) is 0 Å². The van der Waals surface area contributed by atoms with Crippen LogP contribution in [-0.4, -0.2) is 29.3 Å². The summed E-state index contributed by atoms with van der Waals surface area (Å²) in [6.45, 7) is 1.23. The van der Waals surface area contributed by atoms with E-state index in [1.807, 2.05) is 30.3 Å². The van der Waals surface area contributed by atoms with Crippen LogP contribution in [-0.2, 0) is 22.7 Å². The lowest BCUT2D eigenvalue weighted by molar-refractivity contribution is -0.159. The van der Waals surface area contributed by atoms with Crippen LogP contribution in [0.1, 0.15) is 11.1 Å². The molecule has 0 saturated carbocycles. The fourth-order valence-electron chi connectivity index (χ4n) is 1.73. The van der Waals surface area contributed by atoms with Crippen LogP contribution in [0.25, 0.3) is 0 Å². The summed E-state index contributed by atoms with van der Waals surface area (Å²) in [5, 5.41) is 18.0. The summed E-state index contributed by atoms with van der Waals surface area (Å²) in [6.07, 6.45) is 0. The Bertz CT molecular complexity index is 661. The molecule has 0 radical (unpaired) electrons. The minimum Gasteiger partial charge on any atom is -0.497 e. The van der Waals surface area contributed by atoms with Crippen molar-refractivity contribution in [3.63, 3.8) is 0 Å². The summed E-state index contributed by atoms with van der Waals surface area (Å²) < 4.78 is 18.4. The second kappa shape index (κ2) is 9.96. The van der Waals surface area contributed by atoms with Crippen molar-refractivity contribution in [3.05, 3.63) is 65.5 Å². The Labute approximate surface area is 138 Å². The molecule has 0 unspecified atom stereocenters. The van der Waals surface area contributed by atoms with Gasteiger partial charge in [-0.1, -0.05) is 30.3 Å². The topological polar surface area (TPSA) is 95.9 Å². The van der Waals surface area contributed by atoms with Crippen molar-refractivity contribution in [3.8, 4) is 5.75 Å². The number of benzene rings is 2. The highest BCUT2D eigenvalue weighted by Gasteiger charge is 2.04. The van der Waals surface area contributed by atoms with Gasteiger partial charge in [-0.2, -0.15) is 0 Å². The van der Waals surface area contributed by atoms with Gasteiger partial charge in [-0.05, 0) is 23.8 Å². The predicted molar refractivity (Wildman–Crippen MR) is 85.2 cm³/mol. The summed E-state index contributed by atoms with van der Waals surface area (Å²) in [5.41, 5.74) is 1.83. The van der Waals surface area contributed by atoms with Crippen LogP contribution in [0, 0.1) is 5.82 Å². The van der Waals surface area contributed by atoms with Gasteiger partial charge < -0.3 is 20.3 Å². The summed E-state index contributed by atoms with van der Waals surface area (Å²) >= 11 is 0. The monoisotopic (exact) mass is 335 g/mol. The number of nitrogens with one attached hydrogen (secondary N) is 1. The van der Waals surface area contributed by atoms with Gasteiger partial charge in [0.2, 0.25) is 0 Å². The Morgan fingerprint density at radius 3 is 2.08 bits per heavy atom. The van der Waals surface area contributed by atoms with Gasteiger partial charge in [0.25, 0.3) is 0 Å². The van der Waals surface area contributed by atoms with Crippen LogP contribution in [0.15, 0.2) is 48.5 Å². The average molecular weight is 335 g/mol. The lowest BCUT2D eigenvalue weighted by Gasteiger charge is -2.07. The number of rotatable bonds is 5. The molecule has 2 aromatic rings. The Hall–Kier alpha value is -2.93. The second-order valence-electron chi connectivity index (χ2n) is 4.65. The van der Waals surface area contributed by atoms with Gasteiger partial charge in [-0.3, -0.25) is 0 Å². The summed E-state index contributed by atoms with van der Waals surface area (Å²) in [6, 6.07) is 14.6. The number of aliphatic carboxylic acids is 2. The number of methoxy groups -OCH3 is 1. The van der Waals surface area contributed by atoms with Crippen molar-refractivity contribution in [2.45, 2.75) is 13.1 Å². The number of hydrogen-bond acceptors (Lipinski definition) is 4. The van der Waals surface area contributed by atoms with Crippen molar-refractivity contribution in [1.29, 1.82) is 0 Å². The Balaban J connectivity index is 0.000000413. The van der Waals surface area contributed by atoms with Crippen molar-refractivity contribution < 1.29 is 28.9 Å². The largest absolute Gasteiger partial charge is 0.497 e. The summed E-state index contributed by atoms with van der Waals surface area (Å²) in [5.74, 6) is -2.97. The molecule has 24 heavy (non-hydrogen) atoms. The van der Waals surface area contributed by atoms with E-state index in [9.17, 15) is 4.39 Å². The zero-order valence-electron chi connectivity index (χ0n) is 13.0. The van der Waals surface area contributed by atoms with E-state index < -0.39 is 11.9 Å². The first-order chi connectivity index (χ1) is 11.4. The highest BCUT2D eigenvalue weighted by molar-refractivity contribution is 6.27. The molecule has 0 aromatic heterocycles. The second-order valence-corrected chi connectivity index (χ2v) is 4.65. The third-order valence-electron chi connectivity index (χ3n) is 2.94. The third-order valence-corrected chi connectivity index (χ3v) is 2.94. The van der Waals surface area contributed by atoms with E-state index >= 15 is 0 Å². The molecule has 0 fully saturated rings. The fourth-order valence-corrected chi connectivity index (χ4v) is 1.73. The molecule has 0 spiro atoms. The lowest BCUT2D eigenvalue weighted by Crippen LogP contribution is -2.13. The van der Waals surface area contributed by atoms with Crippen LogP contribution in [0.5, 0.6) is 5.75 Å². The molecule has 0 aliphatic carbocycles. The van der Waals surface area contributed by atoms with Crippen molar-refractivity contribution in [2.75, 3.05) is 7.11 Å². The SMILES string of the molecule is COc1ccc(CNCc2ccccc2F)cc1.O=C(O)C(=O)O. The maximum atomic E-state index is 13.4. The van der Waals surface area contributed by atoms with Gasteiger partial charge in [-0.25, -0.2) is 14.0 Å². The first kappa shape index (κ1) is 19.1. The Kier molecular flexibility index (Phi) is 7.93. The van der Waals surface area contributed by atoms with Gasteiger partial charge in [0, 0.05) is 18.7 Å². The molecular weight excluding hydrogens is 317 g/mol. The van der Waals surface area contributed by atoms with Crippen molar-refractivity contribution >= 4 is 11.9 Å². The maximum absolute atomic E-state index is 13.4. The summed E-state index contributed by atoms with van der Waals surface area (Å²) in [7, 11) is 1.64. The number of carbonyl (C=O) groups is 2. The number of ether oxygens (including phenoxy) is 1. The molecule has 6 nitrogen and oxygen atoms in total. The zero-order chi connectivity index (χ0) is 17.9. The summed E-state index contributed by atoms with van der Waals surface area (Å²) in [4.78, 5) is 18.2. The highest BCUT2D eigenvalue weighted by Crippen LogP contribution is 2.11. The van der Waals surface area contributed by atoms with E-state index in [1.54, 1.807) is 19.2 Å². The van der Waals surface area contributed by atoms with E-state index in [4.69, 9.17) is 24.5 Å².